The predicted octanol–water partition coefficient (Wildman–Crippen LogP) is 4.17. The fraction of sp³-hybridized carbons (Fsp3) is 0.227. The number of aliphatic hydroxyl groups is 1. The smallest absolute Gasteiger partial charge is 0.191 e. The average molecular weight is 393 g/mol. The largest absolute Gasteiger partial charge is 0.386 e. The fourth-order valence-electron chi connectivity index (χ4n) is 3.19. The quantitative estimate of drug-likeness (QED) is 0.294. The maximum absolute atomic E-state index is 10.6. The number of aliphatic imine (C=N–C) groups is 1. The number of benzene rings is 2. The number of nitrogens with one attached hydrogen (secondary N) is 3. The third-order valence-electron chi connectivity index (χ3n) is 4.57. The van der Waals surface area contributed by atoms with E-state index in [2.05, 4.69) is 57.0 Å². The molecule has 4 aromatic rings. The molecule has 0 saturated heterocycles. The Kier molecular flexibility index (Phi) is 5.60. The van der Waals surface area contributed by atoms with E-state index in [1.165, 1.54) is 15.5 Å². The van der Waals surface area contributed by atoms with Gasteiger partial charge in [0.1, 0.15) is 6.10 Å². The number of H-pyrrole nitrogens is 1. The minimum atomic E-state index is -0.575. The van der Waals surface area contributed by atoms with Crippen LogP contribution in [0.25, 0.3) is 21.0 Å². The van der Waals surface area contributed by atoms with E-state index in [0.29, 0.717) is 19.0 Å². The van der Waals surface area contributed by atoms with Gasteiger partial charge in [-0.2, -0.15) is 0 Å². The van der Waals surface area contributed by atoms with E-state index in [9.17, 15) is 5.11 Å². The lowest BCUT2D eigenvalue weighted by molar-refractivity contribution is 0.184. The van der Waals surface area contributed by atoms with Crippen LogP contribution in [0.15, 0.2) is 65.7 Å². The summed E-state index contributed by atoms with van der Waals surface area (Å²) < 4.78 is 1.19. The number of hydrogen-bond acceptors (Lipinski definition) is 3. The zero-order valence-corrected chi connectivity index (χ0v) is 16.6. The minimum Gasteiger partial charge on any atom is -0.386 e. The topological polar surface area (TPSA) is 72.4 Å². The predicted molar refractivity (Wildman–Crippen MR) is 118 cm³/mol. The standard InChI is InChI=1S/C22H24N4OS/c1-2-23-22(24-13-17-11-15-7-3-5-9-18(15)26-17)25-14-19(27)21-12-16-8-4-6-10-20(16)28-21/h3-12,19,26-27H,2,13-14H2,1H3,(H2,23,24,25). The Morgan fingerprint density at radius 3 is 2.64 bits per heavy atom. The molecule has 0 amide bonds. The maximum atomic E-state index is 10.6. The molecule has 5 nitrogen and oxygen atoms in total. The van der Waals surface area contributed by atoms with E-state index >= 15 is 0 Å². The van der Waals surface area contributed by atoms with Crippen LogP contribution in [0.4, 0.5) is 0 Å². The highest BCUT2D eigenvalue weighted by atomic mass is 32.1. The van der Waals surface area contributed by atoms with E-state index in [4.69, 9.17) is 0 Å². The van der Waals surface area contributed by atoms with Gasteiger partial charge >= 0.3 is 0 Å². The lowest BCUT2D eigenvalue weighted by atomic mass is 10.2. The number of rotatable bonds is 6. The molecule has 0 fully saturated rings. The van der Waals surface area contributed by atoms with Crippen molar-refractivity contribution in [3.8, 4) is 0 Å². The molecule has 2 heterocycles. The van der Waals surface area contributed by atoms with Gasteiger partial charge in [0.05, 0.1) is 6.54 Å². The number of nitrogens with zero attached hydrogens (tertiary/aromatic N) is 1. The molecule has 4 rings (SSSR count). The number of fused-ring (bicyclic) bond motifs is 2. The molecule has 0 saturated carbocycles. The van der Waals surface area contributed by atoms with Crippen molar-refractivity contribution >= 4 is 38.3 Å². The number of guanidine groups is 1. The van der Waals surface area contributed by atoms with Gasteiger partial charge in [0.25, 0.3) is 0 Å². The molecule has 6 heteroatoms. The Bertz CT molecular complexity index is 1030. The van der Waals surface area contributed by atoms with Crippen molar-refractivity contribution in [1.29, 1.82) is 0 Å². The highest BCUT2D eigenvalue weighted by molar-refractivity contribution is 7.19. The van der Waals surface area contributed by atoms with Crippen molar-refractivity contribution in [2.24, 2.45) is 4.99 Å². The van der Waals surface area contributed by atoms with Crippen LogP contribution in [-0.2, 0) is 6.54 Å². The van der Waals surface area contributed by atoms with Crippen LogP contribution in [0.1, 0.15) is 23.6 Å². The first-order chi connectivity index (χ1) is 13.7. The molecule has 1 atom stereocenters. The van der Waals surface area contributed by atoms with Crippen molar-refractivity contribution < 1.29 is 5.11 Å². The van der Waals surface area contributed by atoms with Gasteiger partial charge in [0, 0.05) is 33.9 Å². The van der Waals surface area contributed by atoms with Gasteiger partial charge in [-0.25, -0.2) is 4.99 Å². The van der Waals surface area contributed by atoms with Gasteiger partial charge in [-0.1, -0.05) is 36.4 Å². The van der Waals surface area contributed by atoms with Gasteiger partial charge < -0.3 is 20.7 Å². The summed E-state index contributed by atoms with van der Waals surface area (Å²) >= 11 is 1.63. The molecule has 0 aliphatic carbocycles. The summed E-state index contributed by atoms with van der Waals surface area (Å²) in [6.07, 6.45) is -0.575. The maximum Gasteiger partial charge on any atom is 0.191 e. The van der Waals surface area contributed by atoms with E-state index in [1.807, 2.05) is 31.2 Å². The molecule has 0 aliphatic rings. The van der Waals surface area contributed by atoms with Crippen molar-refractivity contribution in [2.45, 2.75) is 19.6 Å². The zero-order valence-electron chi connectivity index (χ0n) is 15.8. The van der Waals surface area contributed by atoms with Crippen LogP contribution in [0.2, 0.25) is 0 Å². The summed E-state index contributed by atoms with van der Waals surface area (Å²) in [6, 6.07) is 20.6. The van der Waals surface area contributed by atoms with E-state index < -0.39 is 6.10 Å². The molecule has 0 radical (unpaired) electrons. The highest BCUT2D eigenvalue weighted by Gasteiger charge is 2.12. The Morgan fingerprint density at radius 2 is 1.86 bits per heavy atom. The summed E-state index contributed by atoms with van der Waals surface area (Å²) in [5.74, 6) is 0.696. The van der Waals surface area contributed by atoms with Crippen molar-refractivity contribution in [3.63, 3.8) is 0 Å². The summed E-state index contributed by atoms with van der Waals surface area (Å²) in [6.45, 7) is 3.74. The molecule has 0 bridgehead atoms. The van der Waals surface area contributed by atoms with Crippen molar-refractivity contribution in [3.05, 3.63) is 71.2 Å². The number of hydrogen-bond donors (Lipinski definition) is 4. The second-order valence-electron chi connectivity index (χ2n) is 6.66. The van der Waals surface area contributed by atoms with Gasteiger partial charge in [-0.15, -0.1) is 11.3 Å². The Balaban J connectivity index is 1.41. The average Bonchev–Trinajstić information content (AvgIpc) is 3.33. The van der Waals surface area contributed by atoms with Crippen LogP contribution in [0.3, 0.4) is 0 Å². The first kappa shape index (κ1) is 18.5. The number of para-hydroxylation sites is 1. The van der Waals surface area contributed by atoms with E-state index in [1.54, 1.807) is 11.3 Å². The number of aromatic amines is 1. The third-order valence-corrected chi connectivity index (χ3v) is 5.79. The first-order valence-corrected chi connectivity index (χ1v) is 10.3. The summed E-state index contributed by atoms with van der Waals surface area (Å²) in [5.41, 5.74) is 2.18. The molecule has 1 unspecified atom stereocenters. The van der Waals surface area contributed by atoms with Crippen LogP contribution < -0.4 is 10.6 Å². The minimum absolute atomic E-state index is 0.408. The first-order valence-electron chi connectivity index (χ1n) is 9.48. The van der Waals surface area contributed by atoms with E-state index in [0.717, 1.165) is 22.6 Å². The monoisotopic (exact) mass is 392 g/mol. The van der Waals surface area contributed by atoms with Crippen LogP contribution >= 0.6 is 11.3 Å². The van der Waals surface area contributed by atoms with Crippen molar-refractivity contribution in [2.75, 3.05) is 13.1 Å². The molecule has 2 aromatic carbocycles. The second kappa shape index (κ2) is 8.46. The molecule has 2 aromatic heterocycles. The molecular formula is C22H24N4OS. The number of aromatic nitrogens is 1. The second-order valence-corrected chi connectivity index (χ2v) is 7.78. The van der Waals surface area contributed by atoms with E-state index in [-0.39, 0.29) is 0 Å². The third kappa shape index (κ3) is 4.18. The Morgan fingerprint density at radius 1 is 1.07 bits per heavy atom. The zero-order chi connectivity index (χ0) is 19.3. The molecule has 28 heavy (non-hydrogen) atoms. The van der Waals surface area contributed by atoms with Gasteiger partial charge in [0.2, 0.25) is 0 Å². The van der Waals surface area contributed by atoms with Crippen LogP contribution in [-0.4, -0.2) is 29.1 Å². The fourth-order valence-corrected chi connectivity index (χ4v) is 4.24. The van der Waals surface area contributed by atoms with Crippen LogP contribution in [0.5, 0.6) is 0 Å². The number of aliphatic hydroxyl groups excluding tert-OH is 1. The lowest BCUT2D eigenvalue weighted by Gasteiger charge is -2.14. The highest BCUT2D eigenvalue weighted by Crippen LogP contribution is 2.29. The van der Waals surface area contributed by atoms with Gasteiger partial charge in [-0.05, 0) is 42.0 Å². The molecule has 144 valence electrons. The molecule has 4 N–H and O–H groups in total. The Labute approximate surface area is 168 Å². The van der Waals surface area contributed by atoms with Crippen LogP contribution in [0, 0.1) is 0 Å². The molecule has 0 spiro atoms. The van der Waals surface area contributed by atoms with Gasteiger partial charge in [-0.3, -0.25) is 0 Å². The van der Waals surface area contributed by atoms with Gasteiger partial charge in [0.15, 0.2) is 5.96 Å². The SMILES string of the molecule is CCNC(=NCc1cc2ccccc2[nH]1)NCC(O)c1cc2ccccc2s1. The summed E-state index contributed by atoms with van der Waals surface area (Å²) in [7, 11) is 0. The van der Waals surface area contributed by atoms with Crippen molar-refractivity contribution in [1.82, 2.24) is 15.6 Å². The molecular weight excluding hydrogens is 368 g/mol. The number of thiophene rings is 1. The lowest BCUT2D eigenvalue weighted by Crippen LogP contribution is -2.39. The normalized spacial score (nSPS) is 13.1. The Hall–Kier alpha value is -2.83. The summed E-state index contributed by atoms with van der Waals surface area (Å²) in [4.78, 5) is 8.99. The summed E-state index contributed by atoms with van der Waals surface area (Å²) in [5, 5.41) is 19.4. The molecule has 0 aliphatic heterocycles.